The van der Waals surface area contributed by atoms with Crippen LogP contribution in [-0.2, 0) is 4.79 Å². The Kier molecular flexibility index (Phi) is 4.73. The summed E-state index contributed by atoms with van der Waals surface area (Å²) in [7, 11) is 1.80. The van der Waals surface area contributed by atoms with Crippen molar-refractivity contribution in [3.8, 4) is 0 Å². The Morgan fingerprint density at radius 2 is 2.08 bits per heavy atom. The predicted molar refractivity (Wildman–Crippen MR) is 99.5 cm³/mol. The van der Waals surface area contributed by atoms with Crippen LogP contribution in [0.15, 0.2) is 41.9 Å². The van der Waals surface area contributed by atoms with Gasteiger partial charge in [-0.1, -0.05) is 41.4 Å². The fourth-order valence-electron chi connectivity index (χ4n) is 2.45. The summed E-state index contributed by atoms with van der Waals surface area (Å²) in [5.41, 5.74) is 3.03. The highest BCUT2D eigenvalue weighted by atomic mass is 35.5. The number of carbonyl (C=O) groups excluding carboxylic acids is 1. The van der Waals surface area contributed by atoms with E-state index >= 15 is 0 Å². The second-order valence-electron chi connectivity index (χ2n) is 5.71. The van der Waals surface area contributed by atoms with Crippen LogP contribution >= 0.6 is 22.9 Å². The number of halogens is 1. The van der Waals surface area contributed by atoms with Crippen LogP contribution in [0.25, 0.3) is 11.0 Å². The first-order valence-corrected chi connectivity index (χ1v) is 8.85. The van der Waals surface area contributed by atoms with Gasteiger partial charge in [-0.05, 0) is 25.5 Å². The number of thiazole rings is 1. The highest BCUT2D eigenvalue weighted by Crippen LogP contribution is 2.23. The lowest BCUT2D eigenvalue weighted by Gasteiger charge is -2.24. The molecule has 0 spiro atoms. The second-order valence-corrected chi connectivity index (χ2v) is 6.94. The zero-order valence-corrected chi connectivity index (χ0v) is 15.3. The third-order valence-electron chi connectivity index (χ3n) is 4.13. The summed E-state index contributed by atoms with van der Waals surface area (Å²) in [6, 6.07) is 8.20. The summed E-state index contributed by atoms with van der Waals surface area (Å²) in [5, 5.41) is 2.34. The average Bonchev–Trinajstić information content (AvgIpc) is 3.12. The number of amides is 1. The molecule has 0 radical (unpaired) electrons. The van der Waals surface area contributed by atoms with Crippen molar-refractivity contribution in [1.29, 1.82) is 0 Å². The Bertz CT molecular complexity index is 895. The van der Waals surface area contributed by atoms with Gasteiger partial charge in [0.05, 0.1) is 11.7 Å². The lowest BCUT2D eigenvalue weighted by Crippen LogP contribution is -2.27. The summed E-state index contributed by atoms with van der Waals surface area (Å²) in [6.07, 6.45) is 5.15. The normalized spacial score (nSPS) is 12.8. The first kappa shape index (κ1) is 16.7. The van der Waals surface area contributed by atoms with Crippen LogP contribution in [-0.4, -0.2) is 27.2 Å². The van der Waals surface area contributed by atoms with Crippen LogP contribution in [0.5, 0.6) is 0 Å². The zero-order valence-electron chi connectivity index (χ0n) is 13.7. The monoisotopic (exact) mass is 359 g/mol. The van der Waals surface area contributed by atoms with Crippen molar-refractivity contribution in [2.75, 3.05) is 7.05 Å². The average molecular weight is 360 g/mol. The molecule has 2 aromatic heterocycles. The van der Waals surface area contributed by atoms with Crippen LogP contribution in [0, 0.1) is 6.92 Å². The molecule has 4 nitrogen and oxygen atoms in total. The van der Waals surface area contributed by atoms with Crippen molar-refractivity contribution < 1.29 is 4.79 Å². The van der Waals surface area contributed by atoms with Gasteiger partial charge >= 0.3 is 0 Å². The van der Waals surface area contributed by atoms with Crippen LogP contribution in [0.4, 0.5) is 0 Å². The van der Waals surface area contributed by atoms with Gasteiger partial charge in [0, 0.05) is 24.7 Å². The predicted octanol–water partition coefficient (Wildman–Crippen LogP) is 4.59. The van der Waals surface area contributed by atoms with E-state index in [0.29, 0.717) is 5.15 Å². The van der Waals surface area contributed by atoms with Crippen molar-refractivity contribution >= 4 is 39.9 Å². The molecular weight excluding hydrogens is 342 g/mol. The molecule has 0 fully saturated rings. The minimum atomic E-state index is -0.0793. The van der Waals surface area contributed by atoms with Crippen molar-refractivity contribution in [3.63, 3.8) is 0 Å². The zero-order chi connectivity index (χ0) is 17.3. The summed E-state index contributed by atoms with van der Waals surface area (Å²) in [4.78, 5) is 19.3. The molecule has 1 aromatic carbocycles. The smallest absolute Gasteiger partial charge is 0.246 e. The van der Waals surface area contributed by atoms with Crippen LogP contribution < -0.4 is 0 Å². The number of rotatable bonds is 4. The molecule has 3 rings (SSSR count). The molecule has 1 amide bonds. The van der Waals surface area contributed by atoms with E-state index in [9.17, 15) is 4.79 Å². The molecule has 3 aromatic rings. The molecule has 0 aliphatic rings. The van der Waals surface area contributed by atoms with Crippen molar-refractivity contribution in [3.05, 3.63) is 63.9 Å². The van der Waals surface area contributed by atoms with E-state index in [1.165, 1.54) is 23.0 Å². The summed E-state index contributed by atoms with van der Waals surface area (Å²) in [5.74, 6) is -0.0793. The van der Waals surface area contributed by atoms with Gasteiger partial charge in [-0.25, -0.2) is 4.98 Å². The molecule has 6 heteroatoms. The number of nitrogens with zero attached hydrogens (tertiary/aromatic N) is 3. The Balaban J connectivity index is 1.77. The van der Waals surface area contributed by atoms with Crippen molar-refractivity contribution in [2.45, 2.75) is 19.9 Å². The van der Waals surface area contributed by atoms with Gasteiger partial charge in [0.2, 0.25) is 5.91 Å². The topological polar surface area (TPSA) is 37.6 Å². The molecule has 0 N–H and O–H groups in total. The molecule has 0 aliphatic carbocycles. The third-order valence-corrected chi connectivity index (χ3v) is 5.16. The second kappa shape index (κ2) is 6.79. The largest absolute Gasteiger partial charge is 0.335 e. The van der Waals surface area contributed by atoms with E-state index in [2.05, 4.69) is 29.2 Å². The number of aryl methyl sites for hydroxylation is 1. The quantitative estimate of drug-likeness (QED) is 0.639. The van der Waals surface area contributed by atoms with Crippen LogP contribution in [0.2, 0.25) is 5.15 Å². The standard InChI is InChI=1S/C18H18ClN3OS/c1-12-4-6-14(7-5-12)13(2)21(3)16(23)9-8-15-17(19)20-18-22(15)10-11-24-18/h4-11,13H,1-3H3/b9-8+. The third kappa shape index (κ3) is 3.23. The van der Waals surface area contributed by atoms with E-state index in [-0.39, 0.29) is 11.9 Å². The number of fused-ring (bicyclic) bond motifs is 1. The first-order chi connectivity index (χ1) is 11.5. The first-order valence-electron chi connectivity index (χ1n) is 7.60. The maximum atomic E-state index is 12.5. The van der Waals surface area contributed by atoms with Crippen LogP contribution in [0.1, 0.15) is 29.8 Å². The number of hydrogen-bond acceptors (Lipinski definition) is 3. The molecule has 0 bridgehead atoms. The number of hydrogen-bond donors (Lipinski definition) is 0. The lowest BCUT2D eigenvalue weighted by molar-refractivity contribution is -0.126. The Morgan fingerprint density at radius 1 is 1.38 bits per heavy atom. The molecule has 24 heavy (non-hydrogen) atoms. The Labute approximate surface area is 150 Å². The van der Waals surface area contributed by atoms with Gasteiger partial charge in [0.25, 0.3) is 0 Å². The minimum absolute atomic E-state index is 0.00942. The minimum Gasteiger partial charge on any atom is -0.335 e. The van der Waals surface area contributed by atoms with Gasteiger partial charge in [-0.2, -0.15) is 0 Å². The van der Waals surface area contributed by atoms with Gasteiger partial charge in [0.1, 0.15) is 0 Å². The Hall–Kier alpha value is -2.11. The maximum absolute atomic E-state index is 12.5. The Morgan fingerprint density at radius 3 is 2.79 bits per heavy atom. The molecule has 0 saturated heterocycles. The number of likely N-dealkylation sites (N-methyl/N-ethyl adjacent to an activating group) is 1. The van der Waals surface area contributed by atoms with E-state index in [0.717, 1.165) is 16.2 Å². The van der Waals surface area contributed by atoms with E-state index in [4.69, 9.17) is 11.6 Å². The number of carbonyl (C=O) groups is 1. The molecule has 0 aliphatic heterocycles. The fraction of sp³-hybridized carbons (Fsp3) is 0.222. The number of imidazole rings is 1. The molecule has 2 heterocycles. The van der Waals surface area contributed by atoms with Gasteiger partial charge in [-0.3, -0.25) is 9.20 Å². The summed E-state index contributed by atoms with van der Waals surface area (Å²) in [6.45, 7) is 4.06. The summed E-state index contributed by atoms with van der Waals surface area (Å²) >= 11 is 7.65. The van der Waals surface area contributed by atoms with Gasteiger partial charge in [-0.15, -0.1) is 11.3 Å². The fourth-order valence-corrected chi connectivity index (χ4v) is 3.46. The number of benzene rings is 1. The highest BCUT2D eigenvalue weighted by molar-refractivity contribution is 7.15. The van der Waals surface area contributed by atoms with Crippen molar-refractivity contribution in [1.82, 2.24) is 14.3 Å². The lowest BCUT2D eigenvalue weighted by atomic mass is 10.1. The van der Waals surface area contributed by atoms with Crippen LogP contribution in [0.3, 0.4) is 0 Å². The van der Waals surface area contributed by atoms with Gasteiger partial charge < -0.3 is 4.90 Å². The van der Waals surface area contributed by atoms with E-state index in [1.807, 2.05) is 29.8 Å². The van der Waals surface area contributed by atoms with Crippen molar-refractivity contribution in [2.24, 2.45) is 0 Å². The highest BCUT2D eigenvalue weighted by Gasteiger charge is 2.16. The molecule has 0 saturated carbocycles. The molecular formula is C18H18ClN3OS. The van der Waals surface area contributed by atoms with Gasteiger partial charge in [0.15, 0.2) is 10.1 Å². The maximum Gasteiger partial charge on any atom is 0.246 e. The SMILES string of the molecule is Cc1ccc(C(C)N(C)C(=O)/C=C/c2c(Cl)nc3sccn23)cc1. The number of aromatic nitrogens is 2. The molecule has 124 valence electrons. The molecule has 1 atom stereocenters. The molecule has 1 unspecified atom stereocenters. The van der Waals surface area contributed by atoms with E-state index < -0.39 is 0 Å². The summed E-state index contributed by atoms with van der Waals surface area (Å²) < 4.78 is 1.88. The van der Waals surface area contributed by atoms with E-state index in [1.54, 1.807) is 18.0 Å².